The van der Waals surface area contributed by atoms with Crippen LogP contribution in [0, 0.1) is 0 Å². The maximum absolute atomic E-state index is 11.6. The van der Waals surface area contributed by atoms with Crippen molar-refractivity contribution in [3.05, 3.63) is 24.3 Å². The van der Waals surface area contributed by atoms with E-state index in [-0.39, 0.29) is 40.9 Å². The Balaban J connectivity index is 3.37. The summed E-state index contributed by atoms with van der Waals surface area (Å²) in [5, 5.41) is 0. The van der Waals surface area contributed by atoms with E-state index in [1.54, 1.807) is 13.8 Å². The number of benzene rings is 1. The lowest BCUT2D eigenvalue weighted by Crippen LogP contribution is -2.11. The second-order valence-electron chi connectivity index (χ2n) is 3.99. The molecular weight excluding hydrogens is 296 g/mol. The minimum atomic E-state index is -2.50. The van der Waals surface area contributed by atoms with E-state index >= 15 is 0 Å². The molecule has 1 aromatic rings. The van der Waals surface area contributed by atoms with Crippen LogP contribution in [0.2, 0.25) is 0 Å². The Morgan fingerprint density at radius 2 is 1.81 bits per heavy atom. The van der Waals surface area contributed by atoms with E-state index in [9.17, 15) is 13.6 Å². The smallest absolute Gasteiger partial charge is 0.338 e. The van der Waals surface area contributed by atoms with Crippen molar-refractivity contribution in [3.63, 3.8) is 0 Å². The molecule has 0 amide bonds. The molecule has 0 bridgehead atoms. The topological polar surface area (TPSA) is 84.9 Å². The third-order valence-corrected chi connectivity index (χ3v) is 3.03. The molecule has 0 saturated heterocycles. The zero-order valence-electron chi connectivity index (χ0n) is 12.1. The Morgan fingerprint density at radius 1 is 1.24 bits per heavy atom. The van der Waals surface area contributed by atoms with Gasteiger partial charge in [-0.3, -0.25) is 4.21 Å². The van der Waals surface area contributed by atoms with Crippen molar-refractivity contribution in [2.24, 2.45) is 0 Å². The fourth-order valence-corrected chi connectivity index (χ4v) is 1.97. The Hall–Kier alpha value is -1.86. The van der Waals surface area contributed by atoms with Crippen LogP contribution in [0.3, 0.4) is 0 Å². The van der Waals surface area contributed by atoms with Gasteiger partial charge in [-0.25, -0.2) is 4.79 Å². The predicted molar refractivity (Wildman–Crippen MR) is 76.4 cm³/mol. The van der Waals surface area contributed by atoms with E-state index in [0.717, 1.165) is 0 Å². The molecule has 21 heavy (non-hydrogen) atoms. The molecule has 0 radical (unpaired) electrons. The van der Waals surface area contributed by atoms with Crippen LogP contribution in [0.5, 0.6) is 17.2 Å². The summed E-state index contributed by atoms with van der Waals surface area (Å²) in [6.07, 6.45) is 0. The van der Waals surface area contributed by atoms with Gasteiger partial charge in [0, 0.05) is 5.57 Å². The summed E-state index contributed by atoms with van der Waals surface area (Å²) >= 11 is -2.50. The van der Waals surface area contributed by atoms with Crippen molar-refractivity contribution in [2.45, 2.75) is 25.7 Å². The Kier molecular flexibility index (Phi) is 6.39. The number of carbonyl (C=O) groups excluding carboxylic acids is 1. The Bertz CT molecular complexity index is 567. The molecule has 116 valence electrons. The van der Waals surface area contributed by atoms with Gasteiger partial charge in [0.25, 0.3) is 0 Å². The van der Waals surface area contributed by atoms with E-state index in [1.165, 1.54) is 19.1 Å². The molecule has 0 N–H and O–H groups in total. The first-order chi connectivity index (χ1) is 9.92. The van der Waals surface area contributed by atoms with E-state index in [1.807, 2.05) is 0 Å². The highest BCUT2D eigenvalue weighted by Gasteiger charge is 2.20. The lowest BCUT2D eigenvalue weighted by Gasteiger charge is -2.19. The molecule has 0 aromatic heterocycles. The van der Waals surface area contributed by atoms with Gasteiger partial charge in [0.1, 0.15) is 0 Å². The van der Waals surface area contributed by atoms with Crippen molar-refractivity contribution in [3.8, 4) is 17.2 Å². The van der Waals surface area contributed by atoms with Gasteiger partial charge in [-0.15, -0.1) is 0 Å². The first-order valence-electron chi connectivity index (χ1n) is 6.31. The molecular formula is C14H17O6S-. The number of carbonyl (C=O) groups is 1. The monoisotopic (exact) mass is 313 g/mol. The normalized spacial score (nSPS) is 11.6. The largest absolute Gasteiger partial charge is 0.768 e. The lowest BCUT2D eigenvalue weighted by molar-refractivity contribution is -0.130. The average Bonchev–Trinajstić information content (AvgIpc) is 2.42. The van der Waals surface area contributed by atoms with E-state index in [2.05, 4.69) is 6.58 Å². The second-order valence-corrected chi connectivity index (χ2v) is 4.90. The van der Waals surface area contributed by atoms with Gasteiger partial charge in [0.05, 0.1) is 18.1 Å². The average molecular weight is 313 g/mol. The van der Waals surface area contributed by atoms with Crippen LogP contribution in [-0.4, -0.2) is 27.9 Å². The van der Waals surface area contributed by atoms with E-state index < -0.39 is 17.0 Å². The molecule has 0 spiro atoms. The van der Waals surface area contributed by atoms with Gasteiger partial charge in [0.15, 0.2) is 11.5 Å². The standard InChI is InChI=1S/C14H18O6S/c1-5-18-12-10(20-14(15)9(3)4)7-8-11(21(16)17)13(12)19-6-2/h7-8H,3,5-6H2,1-2,4H3,(H,16,17)/p-1. The summed E-state index contributed by atoms with van der Waals surface area (Å²) in [6.45, 7) is 8.92. The number of rotatable bonds is 7. The molecule has 0 aliphatic rings. The lowest BCUT2D eigenvalue weighted by atomic mass is 10.3. The van der Waals surface area contributed by atoms with E-state index in [4.69, 9.17) is 14.2 Å². The zero-order chi connectivity index (χ0) is 16.0. The van der Waals surface area contributed by atoms with Crippen molar-refractivity contribution >= 4 is 17.0 Å². The number of hydrogen-bond donors (Lipinski definition) is 0. The quantitative estimate of drug-likeness (QED) is 0.332. The highest BCUT2D eigenvalue weighted by atomic mass is 32.2. The summed E-state index contributed by atoms with van der Waals surface area (Å²) in [7, 11) is 0. The SMILES string of the molecule is C=C(C)C(=O)Oc1ccc(S(=O)[O-])c(OCC)c1OCC. The molecule has 7 heteroatoms. The predicted octanol–water partition coefficient (Wildman–Crippen LogP) is 2.20. The summed E-state index contributed by atoms with van der Waals surface area (Å²) in [5.41, 5.74) is 0.215. The third kappa shape index (κ3) is 4.30. The van der Waals surface area contributed by atoms with Gasteiger partial charge in [-0.2, -0.15) is 0 Å². The Morgan fingerprint density at radius 3 is 2.29 bits per heavy atom. The van der Waals surface area contributed by atoms with Gasteiger partial charge >= 0.3 is 5.97 Å². The minimum Gasteiger partial charge on any atom is -0.768 e. The van der Waals surface area contributed by atoms with Gasteiger partial charge < -0.3 is 18.8 Å². The van der Waals surface area contributed by atoms with Crippen LogP contribution in [-0.2, 0) is 15.9 Å². The molecule has 0 aliphatic heterocycles. The van der Waals surface area contributed by atoms with Gasteiger partial charge in [-0.1, -0.05) is 6.58 Å². The first kappa shape index (κ1) is 17.2. The minimum absolute atomic E-state index is 0.0275. The van der Waals surface area contributed by atoms with Gasteiger partial charge in [-0.05, 0) is 44.0 Å². The molecule has 1 rings (SSSR count). The van der Waals surface area contributed by atoms with Crippen molar-refractivity contribution in [2.75, 3.05) is 13.2 Å². The third-order valence-electron chi connectivity index (χ3n) is 2.35. The molecule has 6 nitrogen and oxygen atoms in total. The summed E-state index contributed by atoms with van der Waals surface area (Å²) in [6, 6.07) is 2.64. The number of esters is 1. The zero-order valence-corrected chi connectivity index (χ0v) is 13.0. The van der Waals surface area contributed by atoms with Crippen LogP contribution in [0.25, 0.3) is 0 Å². The summed E-state index contributed by atoms with van der Waals surface area (Å²) < 4.78 is 38.3. The summed E-state index contributed by atoms with van der Waals surface area (Å²) in [5.74, 6) is -0.438. The molecule has 1 unspecified atom stereocenters. The molecule has 1 atom stereocenters. The van der Waals surface area contributed by atoms with Crippen LogP contribution < -0.4 is 14.2 Å². The molecule has 0 fully saturated rings. The van der Waals surface area contributed by atoms with Crippen molar-refractivity contribution in [1.29, 1.82) is 0 Å². The molecule has 1 aromatic carbocycles. The first-order valence-corrected chi connectivity index (χ1v) is 7.39. The van der Waals surface area contributed by atoms with Crippen molar-refractivity contribution < 1.29 is 27.8 Å². The van der Waals surface area contributed by atoms with E-state index in [0.29, 0.717) is 0 Å². The highest BCUT2D eigenvalue weighted by Crippen LogP contribution is 2.41. The van der Waals surface area contributed by atoms with Crippen LogP contribution in [0.15, 0.2) is 29.2 Å². The van der Waals surface area contributed by atoms with Gasteiger partial charge in [0.2, 0.25) is 5.75 Å². The van der Waals surface area contributed by atoms with Crippen LogP contribution in [0.4, 0.5) is 0 Å². The second kappa shape index (κ2) is 7.80. The Labute approximate surface area is 126 Å². The fraction of sp³-hybridized carbons (Fsp3) is 0.357. The van der Waals surface area contributed by atoms with Crippen molar-refractivity contribution in [1.82, 2.24) is 0 Å². The number of ether oxygens (including phenoxy) is 3. The number of hydrogen-bond acceptors (Lipinski definition) is 6. The maximum atomic E-state index is 11.6. The maximum Gasteiger partial charge on any atom is 0.338 e. The highest BCUT2D eigenvalue weighted by molar-refractivity contribution is 7.79. The van der Waals surface area contributed by atoms with Crippen LogP contribution in [0.1, 0.15) is 20.8 Å². The van der Waals surface area contributed by atoms with Crippen LogP contribution >= 0.6 is 0 Å². The fourth-order valence-electron chi connectivity index (χ4n) is 1.49. The summed E-state index contributed by atoms with van der Waals surface area (Å²) in [4.78, 5) is 11.6. The molecule has 0 heterocycles. The molecule has 0 aliphatic carbocycles. The molecule has 0 saturated carbocycles.